The molecule has 0 fully saturated rings. The fourth-order valence-electron chi connectivity index (χ4n) is 5.63. The topological polar surface area (TPSA) is 158 Å². The molecule has 0 bridgehead atoms. The van der Waals surface area contributed by atoms with E-state index in [2.05, 4.69) is 23.1 Å². The van der Waals surface area contributed by atoms with Gasteiger partial charge in [-0.2, -0.15) is 5.26 Å². The van der Waals surface area contributed by atoms with Gasteiger partial charge in [-0.1, -0.05) is 36.9 Å². The number of nitrogens with zero attached hydrogens (tertiary/aromatic N) is 1. The molecule has 49 heavy (non-hydrogen) atoms. The second kappa shape index (κ2) is 16.8. The standard InChI is InChI=1S/C39H39N3O7/c1-5-6-9-35(44)34(21-40)38(46)42-29-14-11-26(12-15-29)8-7-10-36(45)41-22-27-13-17-32(33(19-27)39(47)48-4)37-24(2)25(3)49-23-28-20-30(43)16-18-31(28)37/h1,11-20,25,37,43-44H,2,6-10,22-23H2,3-4H3,(H,41,45)(H,42,46)/b35-34-. The van der Waals surface area contributed by atoms with E-state index in [1.165, 1.54) is 7.11 Å². The molecule has 0 saturated heterocycles. The molecular weight excluding hydrogens is 622 g/mol. The molecule has 4 rings (SSSR count). The number of nitrogens with one attached hydrogen (secondary N) is 2. The van der Waals surface area contributed by atoms with Gasteiger partial charge in [-0.25, -0.2) is 4.79 Å². The van der Waals surface area contributed by atoms with Crippen LogP contribution >= 0.6 is 0 Å². The molecule has 10 nitrogen and oxygen atoms in total. The number of fused-ring (bicyclic) bond motifs is 1. The summed E-state index contributed by atoms with van der Waals surface area (Å²) in [6.07, 6.45) is 6.59. The minimum absolute atomic E-state index is 0.0371. The lowest BCUT2D eigenvalue weighted by Gasteiger charge is -2.25. The summed E-state index contributed by atoms with van der Waals surface area (Å²) in [5.74, 6) is 0.364. The van der Waals surface area contributed by atoms with E-state index in [0.717, 1.165) is 27.8 Å². The maximum atomic E-state index is 13.0. The van der Waals surface area contributed by atoms with E-state index >= 15 is 0 Å². The van der Waals surface area contributed by atoms with Crippen molar-refractivity contribution in [3.63, 3.8) is 0 Å². The van der Waals surface area contributed by atoms with Crippen molar-refractivity contribution in [3.05, 3.63) is 118 Å². The van der Waals surface area contributed by atoms with Gasteiger partial charge in [-0.05, 0) is 83.5 Å². The first-order chi connectivity index (χ1) is 23.6. The summed E-state index contributed by atoms with van der Waals surface area (Å²) < 4.78 is 11.1. The van der Waals surface area contributed by atoms with Crippen LogP contribution in [0, 0.1) is 23.7 Å². The summed E-state index contributed by atoms with van der Waals surface area (Å²) >= 11 is 0. The number of phenolic OH excluding ortho intramolecular Hbond substituents is 1. The number of benzene rings is 3. The van der Waals surface area contributed by atoms with Crippen molar-refractivity contribution in [2.75, 3.05) is 12.4 Å². The number of rotatable bonds is 12. The van der Waals surface area contributed by atoms with Gasteiger partial charge in [-0.3, -0.25) is 9.59 Å². The van der Waals surface area contributed by atoms with Gasteiger partial charge in [0.15, 0.2) is 5.57 Å². The number of hydrogen-bond acceptors (Lipinski definition) is 8. The molecular formula is C39H39N3O7. The van der Waals surface area contributed by atoms with E-state index in [9.17, 15) is 29.9 Å². The van der Waals surface area contributed by atoms with Gasteiger partial charge in [0.1, 0.15) is 17.6 Å². The van der Waals surface area contributed by atoms with Crippen molar-refractivity contribution in [2.24, 2.45) is 0 Å². The number of terminal acetylenes is 1. The summed E-state index contributed by atoms with van der Waals surface area (Å²) in [6, 6.07) is 19.2. The van der Waals surface area contributed by atoms with Gasteiger partial charge in [0.2, 0.25) is 5.91 Å². The third-order valence-corrected chi connectivity index (χ3v) is 8.36. The fourth-order valence-corrected chi connectivity index (χ4v) is 5.63. The molecule has 2 atom stereocenters. The number of ether oxygens (including phenoxy) is 2. The third-order valence-electron chi connectivity index (χ3n) is 8.36. The summed E-state index contributed by atoms with van der Waals surface area (Å²) in [7, 11) is 1.32. The van der Waals surface area contributed by atoms with Crippen LogP contribution in [0.1, 0.15) is 76.7 Å². The Bertz CT molecular complexity index is 1850. The van der Waals surface area contributed by atoms with E-state index in [0.29, 0.717) is 36.3 Å². The second-order valence-electron chi connectivity index (χ2n) is 11.7. The number of nitriles is 1. The van der Waals surface area contributed by atoms with Crippen LogP contribution in [-0.4, -0.2) is 41.2 Å². The molecule has 4 N–H and O–H groups in total. The first-order valence-corrected chi connectivity index (χ1v) is 15.8. The maximum absolute atomic E-state index is 13.0. The summed E-state index contributed by atoms with van der Waals surface area (Å²) in [5, 5.41) is 34.8. The zero-order valence-electron chi connectivity index (χ0n) is 27.5. The summed E-state index contributed by atoms with van der Waals surface area (Å²) in [6.45, 7) is 6.71. The second-order valence-corrected chi connectivity index (χ2v) is 11.7. The molecule has 1 heterocycles. The highest BCUT2D eigenvalue weighted by atomic mass is 16.5. The van der Waals surface area contributed by atoms with Crippen molar-refractivity contribution in [3.8, 4) is 24.2 Å². The number of hydrogen-bond donors (Lipinski definition) is 4. The molecule has 10 heteroatoms. The molecule has 0 radical (unpaired) electrons. The number of aliphatic hydroxyl groups is 1. The molecule has 0 aromatic heterocycles. The Morgan fingerprint density at radius 3 is 2.47 bits per heavy atom. The minimum Gasteiger partial charge on any atom is -0.511 e. The number of aromatic hydroxyl groups is 1. The van der Waals surface area contributed by atoms with Gasteiger partial charge in [0, 0.05) is 37.4 Å². The fraction of sp³-hybridized carbons (Fsp3) is 0.282. The lowest BCUT2D eigenvalue weighted by atomic mass is 9.79. The summed E-state index contributed by atoms with van der Waals surface area (Å²) in [4.78, 5) is 38.1. The van der Waals surface area contributed by atoms with Crippen LogP contribution < -0.4 is 10.6 Å². The van der Waals surface area contributed by atoms with Gasteiger partial charge in [0.05, 0.1) is 25.4 Å². The molecule has 2 unspecified atom stereocenters. The Labute approximate surface area is 286 Å². The molecule has 1 aliphatic rings. The lowest BCUT2D eigenvalue weighted by molar-refractivity contribution is -0.121. The zero-order chi connectivity index (χ0) is 35.5. The van der Waals surface area contributed by atoms with Crippen molar-refractivity contribution in [1.82, 2.24) is 5.32 Å². The predicted molar refractivity (Wildman–Crippen MR) is 184 cm³/mol. The van der Waals surface area contributed by atoms with E-state index in [4.69, 9.17) is 15.9 Å². The monoisotopic (exact) mass is 661 g/mol. The average molecular weight is 662 g/mol. The first-order valence-electron chi connectivity index (χ1n) is 15.8. The summed E-state index contributed by atoms with van der Waals surface area (Å²) in [5.41, 5.74) is 5.26. The third kappa shape index (κ3) is 9.16. The molecule has 252 valence electrons. The SMILES string of the molecule is C#CCC/C(O)=C(\C#N)C(=O)Nc1ccc(CCCC(=O)NCc2ccc(C3C(=C)C(C)OCc4cc(O)ccc43)c(C(=O)OC)c2)cc1. The largest absolute Gasteiger partial charge is 0.511 e. The van der Waals surface area contributed by atoms with Crippen LogP contribution in [0.15, 0.2) is 84.1 Å². The van der Waals surface area contributed by atoms with Crippen LogP contribution in [0.2, 0.25) is 0 Å². The normalized spacial score (nSPS) is 15.8. The number of allylic oxidation sites excluding steroid dienone is 1. The highest BCUT2D eigenvalue weighted by molar-refractivity contribution is 6.06. The van der Waals surface area contributed by atoms with Crippen LogP contribution in [0.3, 0.4) is 0 Å². The number of esters is 1. The van der Waals surface area contributed by atoms with Crippen LogP contribution in [0.5, 0.6) is 5.75 Å². The molecule has 3 aromatic carbocycles. The van der Waals surface area contributed by atoms with Gasteiger partial charge in [0.25, 0.3) is 5.91 Å². The van der Waals surface area contributed by atoms with Crippen molar-refractivity contribution in [2.45, 2.75) is 64.2 Å². The van der Waals surface area contributed by atoms with E-state index in [1.807, 2.05) is 37.3 Å². The molecule has 2 amide bonds. The van der Waals surface area contributed by atoms with Crippen LogP contribution in [0.25, 0.3) is 0 Å². The Morgan fingerprint density at radius 2 is 1.78 bits per heavy atom. The highest BCUT2D eigenvalue weighted by Gasteiger charge is 2.31. The van der Waals surface area contributed by atoms with Crippen molar-refractivity contribution < 1.29 is 34.1 Å². The number of aliphatic hydroxyl groups excluding tert-OH is 1. The first kappa shape index (κ1) is 36.0. The van der Waals surface area contributed by atoms with E-state index in [1.54, 1.807) is 36.4 Å². The van der Waals surface area contributed by atoms with Gasteiger partial charge >= 0.3 is 5.97 Å². The number of anilines is 1. The highest BCUT2D eigenvalue weighted by Crippen LogP contribution is 2.41. The Morgan fingerprint density at radius 1 is 1.06 bits per heavy atom. The van der Waals surface area contributed by atoms with Crippen LogP contribution in [0.4, 0.5) is 5.69 Å². The van der Waals surface area contributed by atoms with E-state index in [-0.39, 0.29) is 60.8 Å². The lowest BCUT2D eigenvalue weighted by Crippen LogP contribution is -2.23. The molecule has 0 spiro atoms. The average Bonchev–Trinajstić information content (AvgIpc) is 3.21. The number of carbonyl (C=O) groups excluding carboxylic acids is 3. The predicted octanol–water partition coefficient (Wildman–Crippen LogP) is 6.11. The number of aryl methyl sites for hydroxylation is 1. The number of phenols is 1. The Hall–Kier alpha value is -5.84. The Balaban J connectivity index is 1.35. The van der Waals surface area contributed by atoms with Crippen molar-refractivity contribution >= 4 is 23.5 Å². The smallest absolute Gasteiger partial charge is 0.338 e. The molecule has 3 aromatic rings. The minimum atomic E-state index is -0.722. The number of amides is 2. The van der Waals surface area contributed by atoms with Gasteiger partial charge < -0.3 is 30.3 Å². The molecule has 0 saturated carbocycles. The zero-order valence-corrected chi connectivity index (χ0v) is 27.5. The maximum Gasteiger partial charge on any atom is 0.338 e. The molecule has 0 aliphatic carbocycles. The van der Waals surface area contributed by atoms with Gasteiger partial charge in [-0.15, -0.1) is 12.3 Å². The number of carbonyl (C=O) groups is 3. The Kier molecular flexibility index (Phi) is 12.4. The molecule has 1 aliphatic heterocycles. The van der Waals surface area contributed by atoms with Crippen molar-refractivity contribution in [1.29, 1.82) is 5.26 Å². The van der Waals surface area contributed by atoms with E-state index < -0.39 is 11.9 Å². The quantitative estimate of drug-likeness (QED) is 0.0452. The van der Waals surface area contributed by atoms with Crippen LogP contribution in [-0.2, 0) is 38.6 Å². The number of methoxy groups -OCH3 is 1.